The maximum absolute atomic E-state index is 11.6. The minimum atomic E-state index is -3.32. The maximum Gasteiger partial charge on any atom is 0.179 e. The Balaban J connectivity index is 2.74. The van der Waals surface area contributed by atoms with Crippen molar-refractivity contribution in [2.45, 2.75) is 38.2 Å². The van der Waals surface area contributed by atoms with Crippen LogP contribution in [0.4, 0.5) is 5.82 Å². The van der Waals surface area contributed by atoms with Crippen molar-refractivity contribution in [1.82, 2.24) is 4.98 Å². The molecule has 0 aliphatic heterocycles. The van der Waals surface area contributed by atoms with E-state index in [0.29, 0.717) is 6.42 Å². The Morgan fingerprint density at radius 1 is 1.42 bits per heavy atom. The number of pyridine rings is 1. The van der Waals surface area contributed by atoms with Crippen LogP contribution in [0.15, 0.2) is 23.2 Å². The van der Waals surface area contributed by atoms with Crippen molar-refractivity contribution in [2.24, 2.45) is 5.41 Å². The van der Waals surface area contributed by atoms with Gasteiger partial charge < -0.3 is 10.4 Å². The molecular weight excluding hydrogens is 264 g/mol. The fourth-order valence-electron chi connectivity index (χ4n) is 1.82. The second-order valence-electron chi connectivity index (χ2n) is 5.92. The Bertz CT molecular complexity index is 521. The Kier molecular flexibility index (Phi) is 4.92. The first-order valence-corrected chi connectivity index (χ1v) is 8.06. The molecule has 1 rings (SSSR count). The quantitative estimate of drug-likeness (QED) is 0.861. The molecule has 0 aliphatic rings. The van der Waals surface area contributed by atoms with Crippen LogP contribution in [0.5, 0.6) is 0 Å². The van der Waals surface area contributed by atoms with Crippen LogP contribution in [0.25, 0.3) is 0 Å². The molecule has 6 heteroatoms. The predicted octanol–water partition coefficient (Wildman–Crippen LogP) is 1.69. The van der Waals surface area contributed by atoms with Gasteiger partial charge in [0.05, 0.1) is 6.10 Å². The van der Waals surface area contributed by atoms with Gasteiger partial charge in [-0.05, 0) is 24.0 Å². The Morgan fingerprint density at radius 3 is 2.58 bits per heavy atom. The molecule has 1 aromatic heterocycles. The average Bonchev–Trinajstić information content (AvgIpc) is 2.23. The van der Waals surface area contributed by atoms with Crippen LogP contribution in [-0.2, 0) is 9.84 Å². The fraction of sp³-hybridized carbons (Fsp3) is 0.615. The highest BCUT2D eigenvalue weighted by Crippen LogP contribution is 2.22. The number of aliphatic hydroxyl groups excluding tert-OH is 1. The van der Waals surface area contributed by atoms with Gasteiger partial charge in [-0.1, -0.05) is 20.8 Å². The number of hydrogen-bond donors (Lipinski definition) is 2. The van der Waals surface area contributed by atoms with E-state index in [9.17, 15) is 13.5 Å². The van der Waals surface area contributed by atoms with Crippen LogP contribution >= 0.6 is 0 Å². The first-order chi connectivity index (χ1) is 8.59. The van der Waals surface area contributed by atoms with E-state index in [1.807, 2.05) is 20.8 Å². The Hall–Kier alpha value is -1.14. The summed E-state index contributed by atoms with van der Waals surface area (Å²) >= 11 is 0. The van der Waals surface area contributed by atoms with Crippen LogP contribution in [0.1, 0.15) is 27.2 Å². The van der Waals surface area contributed by atoms with Gasteiger partial charge in [-0.25, -0.2) is 13.4 Å². The minimum absolute atomic E-state index is 0.0187. The van der Waals surface area contributed by atoms with Crippen LogP contribution in [0.2, 0.25) is 0 Å². The third-order valence-corrected chi connectivity index (χ3v) is 3.65. The summed E-state index contributed by atoms with van der Waals surface area (Å²) in [4.78, 5) is 4.16. The number of nitrogens with one attached hydrogen (secondary N) is 1. The zero-order valence-corrected chi connectivity index (χ0v) is 12.7. The predicted molar refractivity (Wildman–Crippen MR) is 75.9 cm³/mol. The molecule has 2 N–H and O–H groups in total. The molecule has 0 fully saturated rings. The van der Waals surface area contributed by atoms with E-state index < -0.39 is 15.9 Å². The monoisotopic (exact) mass is 286 g/mol. The molecule has 0 radical (unpaired) electrons. The summed E-state index contributed by atoms with van der Waals surface area (Å²) in [5.74, 6) is 0.290. The summed E-state index contributed by atoms with van der Waals surface area (Å²) in [6.45, 7) is 6.40. The van der Waals surface area contributed by atoms with Gasteiger partial charge >= 0.3 is 0 Å². The first-order valence-electron chi connectivity index (χ1n) is 6.16. The molecule has 0 amide bonds. The van der Waals surface area contributed by atoms with Gasteiger partial charge in [-0.15, -0.1) is 0 Å². The maximum atomic E-state index is 11.6. The van der Waals surface area contributed by atoms with Crippen molar-refractivity contribution in [3.8, 4) is 0 Å². The van der Waals surface area contributed by atoms with Crippen LogP contribution in [0, 0.1) is 5.41 Å². The largest absolute Gasteiger partial charge is 0.391 e. The summed E-state index contributed by atoms with van der Waals surface area (Å²) in [7, 11) is -3.32. The van der Waals surface area contributed by atoms with E-state index in [1.165, 1.54) is 12.3 Å². The zero-order chi connectivity index (χ0) is 14.7. The van der Waals surface area contributed by atoms with Gasteiger partial charge in [-0.2, -0.15) is 0 Å². The third kappa shape index (κ3) is 5.57. The van der Waals surface area contributed by atoms with E-state index in [2.05, 4.69) is 10.3 Å². The van der Waals surface area contributed by atoms with E-state index in [-0.39, 0.29) is 22.7 Å². The second kappa shape index (κ2) is 5.88. The van der Waals surface area contributed by atoms with E-state index >= 15 is 0 Å². The fourth-order valence-corrected chi connectivity index (χ4v) is 2.62. The number of anilines is 1. The van der Waals surface area contributed by atoms with E-state index in [4.69, 9.17) is 0 Å². The highest BCUT2D eigenvalue weighted by molar-refractivity contribution is 7.90. The zero-order valence-electron chi connectivity index (χ0n) is 11.8. The van der Waals surface area contributed by atoms with Gasteiger partial charge in [-0.3, -0.25) is 0 Å². The van der Waals surface area contributed by atoms with Gasteiger partial charge in [0, 0.05) is 19.0 Å². The molecule has 1 aromatic rings. The lowest BCUT2D eigenvalue weighted by atomic mass is 9.89. The summed E-state index contributed by atoms with van der Waals surface area (Å²) in [6, 6.07) is 3.08. The van der Waals surface area contributed by atoms with Crippen molar-refractivity contribution in [3.63, 3.8) is 0 Å². The second-order valence-corrected chi connectivity index (χ2v) is 7.91. The summed E-state index contributed by atoms with van der Waals surface area (Å²) in [5.41, 5.74) is 0.0187. The topological polar surface area (TPSA) is 79.3 Å². The first kappa shape index (κ1) is 15.9. The van der Waals surface area contributed by atoms with Gasteiger partial charge in [0.1, 0.15) is 10.7 Å². The smallest absolute Gasteiger partial charge is 0.179 e. The van der Waals surface area contributed by atoms with Crippen LogP contribution in [0.3, 0.4) is 0 Å². The number of hydrogen-bond acceptors (Lipinski definition) is 5. The minimum Gasteiger partial charge on any atom is -0.391 e. The molecule has 1 unspecified atom stereocenters. The van der Waals surface area contributed by atoms with Crippen molar-refractivity contribution >= 4 is 15.7 Å². The molecule has 0 aromatic carbocycles. The highest BCUT2D eigenvalue weighted by Gasteiger charge is 2.18. The van der Waals surface area contributed by atoms with Crippen molar-refractivity contribution in [1.29, 1.82) is 0 Å². The van der Waals surface area contributed by atoms with Gasteiger partial charge in [0.25, 0.3) is 0 Å². The van der Waals surface area contributed by atoms with E-state index in [0.717, 1.165) is 6.26 Å². The van der Waals surface area contributed by atoms with Crippen molar-refractivity contribution in [2.75, 3.05) is 18.1 Å². The molecule has 1 atom stereocenters. The number of aromatic nitrogens is 1. The number of rotatable bonds is 5. The van der Waals surface area contributed by atoms with Crippen LogP contribution < -0.4 is 5.32 Å². The number of aliphatic hydroxyl groups is 1. The molecule has 0 aliphatic carbocycles. The molecule has 108 valence electrons. The number of sulfone groups is 1. The molecular formula is C13H22N2O3S. The average molecular weight is 286 g/mol. The van der Waals surface area contributed by atoms with E-state index in [1.54, 1.807) is 6.07 Å². The molecule has 0 saturated heterocycles. The standard InChI is InChI=1S/C13H22N2O3S/c1-13(2,3)8-10(16)9-15-12-11(19(4,17)18)6-5-7-14-12/h5-7,10,16H,8-9H2,1-4H3,(H,14,15). The highest BCUT2D eigenvalue weighted by atomic mass is 32.2. The van der Waals surface area contributed by atoms with Crippen molar-refractivity contribution in [3.05, 3.63) is 18.3 Å². The van der Waals surface area contributed by atoms with Gasteiger partial charge in [0.2, 0.25) is 0 Å². The summed E-state index contributed by atoms with van der Waals surface area (Å²) in [6.07, 6.45) is 2.74. The summed E-state index contributed by atoms with van der Waals surface area (Å²) in [5, 5.41) is 12.8. The third-order valence-electron chi connectivity index (χ3n) is 2.52. The SMILES string of the molecule is CC(C)(C)CC(O)CNc1ncccc1S(C)(=O)=O. The number of nitrogens with zero attached hydrogens (tertiary/aromatic N) is 1. The summed E-state index contributed by atoms with van der Waals surface area (Å²) < 4.78 is 23.2. The molecule has 19 heavy (non-hydrogen) atoms. The van der Waals surface area contributed by atoms with Gasteiger partial charge in [0.15, 0.2) is 9.84 Å². The lowest BCUT2D eigenvalue weighted by molar-refractivity contribution is 0.132. The Morgan fingerprint density at radius 2 is 2.05 bits per heavy atom. The molecule has 0 saturated carbocycles. The molecule has 1 heterocycles. The lowest BCUT2D eigenvalue weighted by Gasteiger charge is -2.22. The molecule has 0 spiro atoms. The lowest BCUT2D eigenvalue weighted by Crippen LogP contribution is -2.26. The molecule has 0 bridgehead atoms. The van der Waals surface area contributed by atoms with Crippen molar-refractivity contribution < 1.29 is 13.5 Å². The normalized spacial score (nSPS) is 14.2. The Labute approximate surface area is 115 Å². The molecule has 5 nitrogen and oxygen atoms in total. The van der Waals surface area contributed by atoms with Crippen LogP contribution in [-0.4, -0.2) is 37.4 Å².